The lowest BCUT2D eigenvalue weighted by Gasteiger charge is -2.22. The van der Waals surface area contributed by atoms with Crippen molar-refractivity contribution in [2.75, 3.05) is 6.54 Å². The average molecular weight is 236 g/mol. The van der Waals surface area contributed by atoms with Crippen LogP contribution in [0.25, 0.3) is 0 Å². The maximum atomic E-state index is 11.8. The molecule has 3 rings (SSSR count). The standard InChI is InChI=1S/C13H20N2O2/c16-12-4-3-11(15-12)13(17)14-7-10-6-8-1-2-9(10)5-8/h8-11H,1-7H2,(H,14,17)(H,15,16)/t8?,9?,10?,11-/m1/s1. The fourth-order valence-electron chi connectivity index (χ4n) is 3.79. The summed E-state index contributed by atoms with van der Waals surface area (Å²) in [5, 5.41) is 5.73. The average Bonchev–Trinajstić information content (AvgIpc) is 3.01. The summed E-state index contributed by atoms with van der Waals surface area (Å²) in [6.07, 6.45) is 6.56. The molecule has 4 heteroatoms. The molecule has 17 heavy (non-hydrogen) atoms. The van der Waals surface area contributed by atoms with Crippen molar-refractivity contribution in [3.05, 3.63) is 0 Å². The maximum absolute atomic E-state index is 11.8. The lowest BCUT2D eigenvalue weighted by molar-refractivity contribution is -0.125. The molecule has 0 aromatic carbocycles. The fraction of sp³-hybridized carbons (Fsp3) is 0.846. The number of amides is 2. The summed E-state index contributed by atoms with van der Waals surface area (Å²) in [7, 11) is 0. The summed E-state index contributed by atoms with van der Waals surface area (Å²) in [4.78, 5) is 22.9. The van der Waals surface area contributed by atoms with Gasteiger partial charge in [-0.2, -0.15) is 0 Å². The van der Waals surface area contributed by atoms with E-state index in [9.17, 15) is 9.59 Å². The SMILES string of the molecule is O=C1CC[C@H](C(=O)NCC2CC3CCC2C3)N1. The van der Waals surface area contributed by atoms with Gasteiger partial charge in [-0.1, -0.05) is 6.42 Å². The Labute approximate surface area is 102 Å². The second-order valence-corrected chi connectivity index (χ2v) is 5.84. The van der Waals surface area contributed by atoms with Crippen molar-refractivity contribution < 1.29 is 9.59 Å². The first-order chi connectivity index (χ1) is 8.22. The van der Waals surface area contributed by atoms with Gasteiger partial charge in [-0.25, -0.2) is 0 Å². The number of carbonyl (C=O) groups excluding carboxylic acids is 2. The molecule has 2 aliphatic carbocycles. The molecule has 2 amide bonds. The molecule has 3 unspecified atom stereocenters. The molecule has 3 fully saturated rings. The third kappa shape index (κ3) is 2.17. The molecule has 2 bridgehead atoms. The van der Waals surface area contributed by atoms with Crippen molar-refractivity contribution >= 4 is 11.8 Å². The van der Waals surface area contributed by atoms with Gasteiger partial charge in [0.2, 0.25) is 11.8 Å². The van der Waals surface area contributed by atoms with Crippen molar-refractivity contribution in [2.24, 2.45) is 17.8 Å². The van der Waals surface area contributed by atoms with E-state index in [-0.39, 0.29) is 17.9 Å². The molecule has 0 aromatic rings. The van der Waals surface area contributed by atoms with E-state index in [2.05, 4.69) is 10.6 Å². The molecular weight excluding hydrogens is 216 g/mol. The van der Waals surface area contributed by atoms with Crippen LogP contribution in [0.15, 0.2) is 0 Å². The normalized spacial score (nSPS) is 39.4. The zero-order valence-electron chi connectivity index (χ0n) is 10.1. The van der Waals surface area contributed by atoms with Crippen LogP contribution in [-0.2, 0) is 9.59 Å². The topological polar surface area (TPSA) is 58.2 Å². The van der Waals surface area contributed by atoms with Gasteiger partial charge in [-0.05, 0) is 43.4 Å². The largest absolute Gasteiger partial charge is 0.354 e. The summed E-state index contributed by atoms with van der Waals surface area (Å²) in [5.74, 6) is 2.48. The molecular formula is C13H20N2O2. The maximum Gasteiger partial charge on any atom is 0.242 e. The Morgan fingerprint density at radius 3 is 2.76 bits per heavy atom. The van der Waals surface area contributed by atoms with Crippen molar-refractivity contribution in [2.45, 2.75) is 44.6 Å². The molecule has 3 aliphatic rings. The third-order valence-corrected chi connectivity index (χ3v) is 4.73. The van der Waals surface area contributed by atoms with Crippen LogP contribution in [0.2, 0.25) is 0 Å². The molecule has 4 nitrogen and oxygen atoms in total. The zero-order chi connectivity index (χ0) is 11.8. The number of rotatable bonds is 3. The highest BCUT2D eigenvalue weighted by atomic mass is 16.2. The molecule has 94 valence electrons. The molecule has 4 atom stereocenters. The van der Waals surface area contributed by atoms with E-state index >= 15 is 0 Å². The van der Waals surface area contributed by atoms with Gasteiger partial charge in [-0.3, -0.25) is 9.59 Å². The first-order valence-electron chi connectivity index (χ1n) is 6.79. The Morgan fingerprint density at radius 1 is 1.29 bits per heavy atom. The van der Waals surface area contributed by atoms with Crippen LogP contribution in [0.1, 0.15) is 38.5 Å². The van der Waals surface area contributed by atoms with Crippen LogP contribution in [0.3, 0.4) is 0 Å². The Morgan fingerprint density at radius 2 is 2.18 bits per heavy atom. The van der Waals surface area contributed by atoms with Crippen LogP contribution < -0.4 is 10.6 Å². The van der Waals surface area contributed by atoms with E-state index in [4.69, 9.17) is 0 Å². The number of carbonyl (C=O) groups is 2. The van der Waals surface area contributed by atoms with Gasteiger partial charge in [0.15, 0.2) is 0 Å². The lowest BCUT2D eigenvalue weighted by Crippen LogP contribution is -2.43. The van der Waals surface area contributed by atoms with Crippen molar-refractivity contribution in [1.82, 2.24) is 10.6 Å². The predicted molar refractivity (Wildman–Crippen MR) is 63.1 cm³/mol. The van der Waals surface area contributed by atoms with E-state index in [0.29, 0.717) is 18.8 Å². The van der Waals surface area contributed by atoms with Gasteiger partial charge in [0.1, 0.15) is 6.04 Å². The molecule has 1 saturated heterocycles. The minimum absolute atomic E-state index is 0.00470. The van der Waals surface area contributed by atoms with Gasteiger partial charge in [0.05, 0.1) is 0 Å². The Kier molecular flexibility index (Phi) is 2.81. The lowest BCUT2D eigenvalue weighted by atomic mass is 9.89. The highest BCUT2D eigenvalue weighted by Crippen LogP contribution is 2.47. The van der Waals surface area contributed by atoms with E-state index in [1.165, 1.54) is 25.7 Å². The second-order valence-electron chi connectivity index (χ2n) is 5.84. The molecule has 1 aliphatic heterocycles. The van der Waals surface area contributed by atoms with E-state index < -0.39 is 0 Å². The number of hydrogen-bond donors (Lipinski definition) is 2. The monoisotopic (exact) mass is 236 g/mol. The van der Waals surface area contributed by atoms with Crippen molar-refractivity contribution in [1.29, 1.82) is 0 Å². The molecule has 1 heterocycles. The minimum Gasteiger partial charge on any atom is -0.354 e. The molecule has 2 saturated carbocycles. The highest BCUT2D eigenvalue weighted by Gasteiger charge is 2.39. The van der Waals surface area contributed by atoms with Gasteiger partial charge in [0, 0.05) is 13.0 Å². The Balaban J connectivity index is 1.45. The van der Waals surface area contributed by atoms with Crippen LogP contribution in [-0.4, -0.2) is 24.4 Å². The highest BCUT2D eigenvalue weighted by molar-refractivity contribution is 5.90. The smallest absolute Gasteiger partial charge is 0.242 e. The van der Waals surface area contributed by atoms with Gasteiger partial charge >= 0.3 is 0 Å². The van der Waals surface area contributed by atoms with Gasteiger partial charge < -0.3 is 10.6 Å². The van der Waals surface area contributed by atoms with Crippen LogP contribution in [0.4, 0.5) is 0 Å². The van der Waals surface area contributed by atoms with Crippen LogP contribution >= 0.6 is 0 Å². The number of hydrogen-bond acceptors (Lipinski definition) is 2. The fourth-order valence-corrected chi connectivity index (χ4v) is 3.79. The van der Waals surface area contributed by atoms with Gasteiger partial charge in [0.25, 0.3) is 0 Å². The first kappa shape index (κ1) is 11.1. The summed E-state index contributed by atoms with van der Waals surface area (Å²) >= 11 is 0. The quantitative estimate of drug-likeness (QED) is 0.762. The van der Waals surface area contributed by atoms with E-state index in [0.717, 1.165) is 18.4 Å². The predicted octanol–water partition coefficient (Wildman–Crippen LogP) is 0.817. The Bertz CT molecular complexity index is 342. The molecule has 0 radical (unpaired) electrons. The summed E-state index contributed by atoms with van der Waals surface area (Å²) in [6.45, 7) is 0.812. The molecule has 0 aromatic heterocycles. The van der Waals surface area contributed by atoms with Crippen molar-refractivity contribution in [3.63, 3.8) is 0 Å². The summed E-state index contributed by atoms with van der Waals surface area (Å²) in [5.41, 5.74) is 0. The Hall–Kier alpha value is -1.06. The van der Waals surface area contributed by atoms with Crippen molar-refractivity contribution in [3.8, 4) is 0 Å². The zero-order valence-corrected chi connectivity index (χ0v) is 10.1. The van der Waals surface area contributed by atoms with E-state index in [1.54, 1.807) is 0 Å². The van der Waals surface area contributed by atoms with Crippen LogP contribution in [0, 0.1) is 17.8 Å². The number of nitrogens with one attached hydrogen (secondary N) is 2. The molecule has 0 spiro atoms. The first-order valence-corrected chi connectivity index (χ1v) is 6.79. The second kappa shape index (κ2) is 4.31. The van der Waals surface area contributed by atoms with Gasteiger partial charge in [-0.15, -0.1) is 0 Å². The summed E-state index contributed by atoms with van der Waals surface area (Å²) in [6, 6.07) is -0.277. The third-order valence-electron chi connectivity index (χ3n) is 4.73. The number of fused-ring (bicyclic) bond motifs is 2. The van der Waals surface area contributed by atoms with Crippen LogP contribution in [0.5, 0.6) is 0 Å². The summed E-state index contributed by atoms with van der Waals surface area (Å²) < 4.78 is 0. The molecule has 2 N–H and O–H groups in total. The minimum atomic E-state index is -0.277. The van der Waals surface area contributed by atoms with E-state index in [1.807, 2.05) is 0 Å².